The molecule has 3 aromatic heterocycles. The molecule has 54 heavy (non-hydrogen) atoms. The van der Waals surface area contributed by atoms with Gasteiger partial charge in [-0.2, -0.15) is 9.97 Å². The van der Waals surface area contributed by atoms with Gasteiger partial charge in [-0.15, -0.1) is 11.3 Å². The highest BCUT2D eigenvalue weighted by atomic mass is 32.1. The van der Waals surface area contributed by atoms with E-state index in [0.717, 1.165) is 27.5 Å². The molecular formula is C49H30N4S. The highest BCUT2D eigenvalue weighted by Crippen LogP contribution is 2.45. The Labute approximate surface area is 315 Å². The van der Waals surface area contributed by atoms with Crippen LogP contribution in [0.4, 0.5) is 0 Å². The largest absolute Gasteiger partial charge is 0.276 e. The Morgan fingerprint density at radius 3 is 1.74 bits per heavy atom. The number of benzene rings is 8. The minimum atomic E-state index is 0.594. The molecule has 11 aromatic rings. The second-order valence-electron chi connectivity index (χ2n) is 13.6. The average molecular weight is 707 g/mol. The van der Waals surface area contributed by atoms with Crippen LogP contribution in [0.2, 0.25) is 0 Å². The van der Waals surface area contributed by atoms with Crippen molar-refractivity contribution in [2.45, 2.75) is 0 Å². The van der Waals surface area contributed by atoms with Gasteiger partial charge in [0, 0.05) is 37.4 Å². The van der Waals surface area contributed by atoms with E-state index in [9.17, 15) is 0 Å². The van der Waals surface area contributed by atoms with Crippen LogP contribution in [0.1, 0.15) is 0 Å². The molecule has 0 N–H and O–H groups in total. The minimum absolute atomic E-state index is 0.594. The third-order valence-electron chi connectivity index (χ3n) is 10.5. The Morgan fingerprint density at radius 2 is 1.00 bits per heavy atom. The molecule has 4 nitrogen and oxygen atoms in total. The third kappa shape index (κ3) is 4.94. The molecule has 252 valence electrons. The molecule has 0 unspecified atom stereocenters. The molecular weight excluding hydrogens is 677 g/mol. The van der Waals surface area contributed by atoms with E-state index in [1.54, 1.807) is 0 Å². The monoisotopic (exact) mass is 706 g/mol. The number of thiophene rings is 1. The lowest BCUT2D eigenvalue weighted by atomic mass is 9.97. The zero-order valence-corrected chi connectivity index (χ0v) is 29.8. The van der Waals surface area contributed by atoms with Crippen molar-refractivity contribution < 1.29 is 0 Å². The molecule has 0 fully saturated rings. The quantitative estimate of drug-likeness (QED) is 0.179. The van der Waals surface area contributed by atoms with E-state index in [4.69, 9.17) is 15.0 Å². The molecule has 0 aliphatic heterocycles. The normalized spacial score (nSPS) is 11.7. The summed E-state index contributed by atoms with van der Waals surface area (Å²) in [4.78, 5) is 15.5. The first-order valence-corrected chi connectivity index (χ1v) is 18.9. The van der Waals surface area contributed by atoms with Crippen LogP contribution in [0.5, 0.6) is 0 Å². The van der Waals surface area contributed by atoms with Crippen molar-refractivity contribution in [3.05, 3.63) is 182 Å². The standard InChI is InChI=1S/C49H30N4S/c1-4-13-31(14-5-1)35-23-27-43-41(29-35)39-25-26-40-42-30-36(38-22-12-20-32-15-10-11-21-37(32)38)24-28-44(42)54-46(40)45(39)53(43)49-51-47(33-16-6-2-7-17-33)50-48(52-49)34-18-8-3-9-19-34/h1-30H. The van der Waals surface area contributed by atoms with Crippen molar-refractivity contribution in [1.82, 2.24) is 19.5 Å². The number of nitrogens with zero attached hydrogens (tertiary/aromatic N) is 4. The molecule has 0 amide bonds. The van der Waals surface area contributed by atoms with Crippen LogP contribution < -0.4 is 0 Å². The average Bonchev–Trinajstić information content (AvgIpc) is 3.79. The van der Waals surface area contributed by atoms with Gasteiger partial charge in [0.25, 0.3) is 0 Å². The molecule has 0 radical (unpaired) electrons. The first-order chi connectivity index (χ1) is 26.8. The summed E-state index contributed by atoms with van der Waals surface area (Å²) in [6.45, 7) is 0. The summed E-state index contributed by atoms with van der Waals surface area (Å²) in [5.41, 5.74) is 8.85. The van der Waals surface area contributed by atoms with Crippen LogP contribution in [-0.4, -0.2) is 19.5 Å². The predicted octanol–water partition coefficient (Wildman–Crippen LogP) is 13.2. The van der Waals surface area contributed by atoms with Gasteiger partial charge in [0.1, 0.15) is 0 Å². The van der Waals surface area contributed by atoms with Crippen molar-refractivity contribution >= 4 is 64.1 Å². The van der Waals surface area contributed by atoms with Crippen LogP contribution in [0.3, 0.4) is 0 Å². The maximum Gasteiger partial charge on any atom is 0.238 e. The van der Waals surface area contributed by atoms with Crippen LogP contribution in [0, 0.1) is 0 Å². The fourth-order valence-corrected chi connectivity index (χ4v) is 9.11. The van der Waals surface area contributed by atoms with Gasteiger partial charge in [0.15, 0.2) is 11.6 Å². The van der Waals surface area contributed by atoms with Gasteiger partial charge in [0.05, 0.1) is 15.7 Å². The zero-order valence-electron chi connectivity index (χ0n) is 29.0. The van der Waals surface area contributed by atoms with Crippen molar-refractivity contribution in [3.63, 3.8) is 0 Å². The molecule has 0 saturated heterocycles. The van der Waals surface area contributed by atoms with Gasteiger partial charge in [-0.1, -0.05) is 158 Å². The summed E-state index contributed by atoms with van der Waals surface area (Å²) < 4.78 is 4.72. The van der Waals surface area contributed by atoms with Crippen molar-refractivity contribution in [2.75, 3.05) is 0 Å². The first-order valence-electron chi connectivity index (χ1n) is 18.1. The van der Waals surface area contributed by atoms with Gasteiger partial charge in [0.2, 0.25) is 5.95 Å². The van der Waals surface area contributed by atoms with Crippen LogP contribution in [0.15, 0.2) is 182 Å². The zero-order chi connectivity index (χ0) is 35.6. The summed E-state index contributed by atoms with van der Waals surface area (Å²) in [6, 6.07) is 64.4. The molecule has 0 atom stereocenters. The molecule has 0 aliphatic rings. The Morgan fingerprint density at radius 1 is 0.389 bits per heavy atom. The Kier molecular flexibility index (Phi) is 7.00. The smallest absolute Gasteiger partial charge is 0.238 e. The van der Waals surface area contributed by atoms with Gasteiger partial charge in [-0.25, -0.2) is 4.98 Å². The topological polar surface area (TPSA) is 43.6 Å². The van der Waals surface area contributed by atoms with Crippen molar-refractivity contribution in [1.29, 1.82) is 0 Å². The second-order valence-corrected chi connectivity index (χ2v) is 14.7. The second kappa shape index (κ2) is 12.3. The summed E-state index contributed by atoms with van der Waals surface area (Å²) in [5.74, 6) is 1.87. The van der Waals surface area contributed by atoms with Crippen LogP contribution >= 0.6 is 11.3 Å². The van der Waals surface area contributed by atoms with E-state index in [2.05, 4.69) is 150 Å². The number of fused-ring (bicyclic) bond motifs is 8. The summed E-state index contributed by atoms with van der Waals surface area (Å²) in [5, 5.41) is 7.29. The fraction of sp³-hybridized carbons (Fsp3) is 0. The van der Waals surface area contributed by atoms with Gasteiger partial charge >= 0.3 is 0 Å². The van der Waals surface area contributed by atoms with E-state index in [-0.39, 0.29) is 0 Å². The van der Waals surface area contributed by atoms with E-state index >= 15 is 0 Å². The lowest BCUT2D eigenvalue weighted by Crippen LogP contribution is -2.06. The number of hydrogen-bond donors (Lipinski definition) is 0. The molecule has 5 heteroatoms. The third-order valence-corrected chi connectivity index (χ3v) is 11.7. The molecule has 0 bridgehead atoms. The molecule has 0 saturated carbocycles. The maximum absolute atomic E-state index is 5.24. The first kappa shape index (κ1) is 30.7. The minimum Gasteiger partial charge on any atom is -0.276 e. The number of rotatable bonds is 5. The SMILES string of the molecule is c1ccc(-c2ccc3c(c2)c2ccc4c5cc(-c6cccc7ccccc67)ccc5sc4c2n3-c2nc(-c3ccccc3)nc(-c3ccccc3)n2)cc1. The molecule has 3 heterocycles. The highest BCUT2D eigenvalue weighted by Gasteiger charge is 2.22. The van der Waals surface area contributed by atoms with Crippen LogP contribution in [-0.2, 0) is 0 Å². The maximum atomic E-state index is 5.24. The Bertz CT molecular complexity index is 3140. The number of aromatic nitrogens is 4. The lowest BCUT2D eigenvalue weighted by molar-refractivity contribution is 0.955. The van der Waals surface area contributed by atoms with Crippen LogP contribution in [0.25, 0.3) is 104 Å². The van der Waals surface area contributed by atoms with E-state index in [0.29, 0.717) is 17.6 Å². The van der Waals surface area contributed by atoms with Gasteiger partial charge in [-0.05, 0) is 57.3 Å². The van der Waals surface area contributed by atoms with Gasteiger partial charge < -0.3 is 0 Å². The van der Waals surface area contributed by atoms with E-state index in [1.165, 1.54) is 58.6 Å². The van der Waals surface area contributed by atoms with Gasteiger partial charge in [-0.3, -0.25) is 4.57 Å². The lowest BCUT2D eigenvalue weighted by Gasteiger charge is -2.11. The summed E-state index contributed by atoms with van der Waals surface area (Å²) >= 11 is 1.83. The number of hydrogen-bond acceptors (Lipinski definition) is 4. The summed E-state index contributed by atoms with van der Waals surface area (Å²) in [6.07, 6.45) is 0. The summed E-state index contributed by atoms with van der Waals surface area (Å²) in [7, 11) is 0. The molecule has 11 rings (SSSR count). The van der Waals surface area contributed by atoms with E-state index in [1.807, 2.05) is 47.7 Å². The Hall–Kier alpha value is -6.95. The highest BCUT2D eigenvalue weighted by molar-refractivity contribution is 7.26. The fourth-order valence-electron chi connectivity index (χ4n) is 7.89. The van der Waals surface area contributed by atoms with Crippen molar-refractivity contribution in [2.24, 2.45) is 0 Å². The van der Waals surface area contributed by atoms with Crippen molar-refractivity contribution in [3.8, 4) is 51.0 Å². The Balaban J connectivity index is 1.22. The molecule has 8 aromatic carbocycles. The molecule has 0 spiro atoms. The predicted molar refractivity (Wildman–Crippen MR) is 226 cm³/mol. The molecule has 0 aliphatic carbocycles. The van der Waals surface area contributed by atoms with E-state index < -0.39 is 0 Å².